The third-order valence-electron chi connectivity index (χ3n) is 5.10. The monoisotopic (exact) mass is 307 g/mol. The normalized spacial score (nSPS) is 32.0. The lowest BCUT2D eigenvalue weighted by Crippen LogP contribution is -2.53. The van der Waals surface area contributed by atoms with Gasteiger partial charge in [-0.2, -0.15) is 0 Å². The van der Waals surface area contributed by atoms with Crippen LogP contribution in [0.3, 0.4) is 0 Å². The van der Waals surface area contributed by atoms with Crippen molar-refractivity contribution in [1.82, 2.24) is 4.72 Å². The van der Waals surface area contributed by atoms with Crippen LogP contribution in [0.2, 0.25) is 0 Å². The molecule has 0 unspecified atom stereocenters. The fourth-order valence-corrected chi connectivity index (χ4v) is 5.43. The van der Waals surface area contributed by atoms with E-state index in [9.17, 15) is 13.2 Å². The summed E-state index contributed by atoms with van der Waals surface area (Å²) < 4.78 is 27.9. The predicted molar refractivity (Wildman–Crippen MR) is 80.2 cm³/mol. The quantitative estimate of drug-likeness (QED) is 0.849. The number of aldehydes is 1. The highest BCUT2D eigenvalue weighted by Gasteiger charge is 2.44. The number of sulfonamides is 1. The molecule has 1 aromatic carbocycles. The molecule has 0 radical (unpaired) electrons. The SMILES string of the molecule is O=CC[C@@H]1C2CCC(CC2)[C@H]1NS(=O)(=O)c1ccccc1. The summed E-state index contributed by atoms with van der Waals surface area (Å²) in [6.45, 7) is 0. The molecule has 2 atom stereocenters. The number of benzene rings is 1. The molecule has 3 fully saturated rings. The lowest BCUT2D eigenvalue weighted by molar-refractivity contribution is -0.110. The topological polar surface area (TPSA) is 63.2 Å². The van der Waals surface area contributed by atoms with Gasteiger partial charge in [0.15, 0.2) is 0 Å². The van der Waals surface area contributed by atoms with E-state index >= 15 is 0 Å². The first-order valence-electron chi connectivity index (χ1n) is 7.63. The van der Waals surface area contributed by atoms with Gasteiger partial charge in [-0.15, -0.1) is 0 Å². The Morgan fingerprint density at radius 1 is 1.05 bits per heavy atom. The van der Waals surface area contributed by atoms with Crippen LogP contribution < -0.4 is 4.72 Å². The largest absolute Gasteiger partial charge is 0.303 e. The van der Waals surface area contributed by atoms with E-state index in [1.807, 2.05) is 0 Å². The van der Waals surface area contributed by atoms with Crippen LogP contribution in [-0.4, -0.2) is 20.7 Å². The zero-order valence-electron chi connectivity index (χ0n) is 11.9. The summed E-state index contributed by atoms with van der Waals surface area (Å²) in [6.07, 6.45) is 5.81. The van der Waals surface area contributed by atoms with E-state index in [0.29, 0.717) is 23.2 Å². The molecule has 0 spiro atoms. The number of hydrogen-bond donors (Lipinski definition) is 1. The Kier molecular flexibility index (Phi) is 4.13. The number of carbonyl (C=O) groups excluding carboxylic acids is 1. The van der Waals surface area contributed by atoms with E-state index in [2.05, 4.69) is 4.72 Å². The van der Waals surface area contributed by atoms with Crippen molar-refractivity contribution in [2.24, 2.45) is 17.8 Å². The Balaban J connectivity index is 1.83. The van der Waals surface area contributed by atoms with Gasteiger partial charge in [-0.25, -0.2) is 13.1 Å². The molecular weight excluding hydrogens is 286 g/mol. The smallest absolute Gasteiger partial charge is 0.240 e. The van der Waals surface area contributed by atoms with Crippen LogP contribution in [0.4, 0.5) is 0 Å². The van der Waals surface area contributed by atoms with E-state index in [-0.39, 0.29) is 12.0 Å². The number of carbonyl (C=O) groups is 1. The van der Waals surface area contributed by atoms with Crippen molar-refractivity contribution in [1.29, 1.82) is 0 Å². The predicted octanol–water partition coefficient (Wildman–Crippen LogP) is 2.36. The molecule has 1 aromatic rings. The van der Waals surface area contributed by atoms with E-state index in [0.717, 1.165) is 32.0 Å². The average molecular weight is 307 g/mol. The molecule has 2 bridgehead atoms. The standard InChI is InChI=1S/C16H21NO3S/c18-11-10-15-12-6-8-13(9-7-12)16(15)17-21(19,20)14-4-2-1-3-5-14/h1-5,11-13,15-17H,6-10H2/t12?,13?,15-,16-/m1/s1. The number of nitrogens with one attached hydrogen (secondary N) is 1. The molecular formula is C16H21NO3S. The molecule has 3 saturated carbocycles. The third kappa shape index (κ3) is 2.90. The number of rotatable bonds is 5. The molecule has 5 heteroatoms. The van der Waals surface area contributed by atoms with Gasteiger partial charge >= 0.3 is 0 Å². The molecule has 0 heterocycles. The summed E-state index contributed by atoms with van der Waals surface area (Å²) in [5, 5.41) is 0. The van der Waals surface area contributed by atoms with E-state index in [4.69, 9.17) is 0 Å². The fourth-order valence-electron chi connectivity index (χ4n) is 4.06. The summed E-state index contributed by atoms with van der Waals surface area (Å²) in [5.41, 5.74) is 0. The molecule has 1 N–H and O–H groups in total. The Morgan fingerprint density at radius 3 is 2.29 bits per heavy atom. The summed E-state index contributed by atoms with van der Waals surface area (Å²) >= 11 is 0. The van der Waals surface area contributed by atoms with E-state index in [1.54, 1.807) is 30.3 Å². The minimum Gasteiger partial charge on any atom is -0.303 e. The highest BCUT2D eigenvalue weighted by molar-refractivity contribution is 7.89. The zero-order chi connectivity index (χ0) is 14.9. The minimum absolute atomic E-state index is 0.0899. The number of fused-ring (bicyclic) bond motifs is 3. The Bertz CT molecular complexity index is 591. The number of hydrogen-bond acceptors (Lipinski definition) is 3. The van der Waals surface area contributed by atoms with Gasteiger partial charge in [0.1, 0.15) is 6.29 Å². The van der Waals surface area contributed by atoms with Gasteiger partial charge in [0.2, 0.25) is 10.0 Å². The first-order valence-corrected chi connectivity index (χ1v) is 9.11. The molecule has 4 rings (SSSR count). The van der Waals surface area contributed by atoms with Crippen LogP contribution in [0.1, 0.15) is 32.1 Å². The van der Waals surface area contributed by atoms with Crippen molar-refractivity contribution in [3.63, 3.8) is 0 Å². The molecule has 21 heavy (non-hydrogen) atoms. The molecule has 0 amide bonds. The second kappa shape index (κ2) is 5.89. The highest BCUT2D eigenvalue weighted by Crippen LogP contribution is 2.46. The van der Waals surface area contributed by atoms with Crippen molar-refractivity contribution in [2.45, 2.75) is 43.0 Å². The molecule has 114 valence electrons. The van der Waals surface area contributed by atoms with Crippen molar-refractivity contribution in [3.8, 4) is 0 Å². The van der Waals surface area contributed by atoms with Crippen LogP contribution in [0.15, 0.2) is 35.2 Å². The van der Waals surface area contributed by atoms with Crippen LogP contribution in [-0.2, 0) is 14.8 Å². The van der Waals surface area contributed by atoms with Gasteiger partial charge in [0.05, 0.1) is 4.90 Å². The Labute approximate surface area is 126 Å². The maximum Gasteiger partial charge on any atom is 0.240 e. The van der Waals surface area contributed by atoms with Gasteiger partial charge < -0.3 is 4.79 Å². The van der Waals surface area contributed by atoms with Gasteiger partial charge in [-0.05, 0) is 55.6 Å². The van der Waals surface area contributed by atoms with E-state index in [1.165, 1.54) is 0 Å². The van der Waals surface area contributed by atoms with Crippen LogP contribution >= 0.6 is 0 Å². The maximum atomic E-state index is 12.5. The minimum atomic E-state index is -3.50. The van der Waals surface area contributed by atoms with Crippen molar-refractivity contribution in [3.05, 3.63) is 30.3 Å². The lowest BCUT2D eigenvalue weighted by Gasteiger charge is -2.48. The second-order valence-electron chi connectivity index (χ2n) is 6.20. The van der Waals surface area contributed by atoms with Crippen LogP contribution in [0.25, 0.3) is 0 Å². The van der Waals surface area contributed by atoms with Crippen molar-refractivity contribution in [2.75, 3.05) is 0 Å². The Hall–Kier alpha value is -1.20. The van der Waals surface area contributed by atoms with Crippen molar-refractivity contribution >= 4 is 16.3 Å². The zero-order valence-corrected chi connectivity index (χ0v) is 12.8. The van der Waals surface area contributed by atoms with E-state index < -0.39 is 10.0 Å². The molecule has 0 aromatic heterocycles. The molecule has 3 aliphatic rings. The second-order valence-corrected chi connectivity index (χ2v) is 7.92. The molecule has 0 aliphatic heterocycles. The molecule has 3 aliphatic carbocycles. The first kappa shape index (κ1) is 14.7. The summed E-state index contributed by atoms with van der Waals surface area (Å²) in [6, 6.07) is 8.38. The van der Waals surface area contributed by atoms with Gasteiger partial charge in [0, 0.05) is 12.5 Å². The lowest BCUT2D eigenvalue weighted by atomic mass is 9.61. The van der Waals surface area contributed by atoms with Crippen LogP contribution in [0.5, 0.6) is 0 Å². The Morgan fingerprint density at radius 2 is 1.67 bits per heavy atom. The highest BCUT2D eigenvalue weighted by atomic mass is 32.2. The van der Waals surface area contributed by atoms with Gasteiger partial charge in [0.25, 0.3) is 0 Å². The third-order valence-corrected chi connectivity index (χ3v) is 6.58. The summed E-state index contributed by atoms with van der Waals surface area (Å²) in [5.74, 6) is 1.02. The van der Waals surface area contributed by atoms with Gasteiger partial charge in [-0.1, -0.05) is 18.2 Å². The van der Waals surface area contributed by atoms with Gasteiger partial charge in [-0.3, -0.25) is 0 Å². The molecule has 4 nitrogen and oxygen atoms in total. The summed E-state index contributed by atoms with van der Waals surface area (Å²) in [7, 11) is -3.50. The fraction of sp³-hybridized carbons (Fsp3) is 0.562. The first-order chi connectivity index (χ1) is 10.1. The molecule has 0 saturated heterocycles. The average Bonchev–Trinajstić information content (AvgIpc) is 2.51. The maximum absolute atomic E-state index is 12.5. The summed E-state index contributed by atoms with van der Waals surface area (Å²) in [4.78, 5) is 11.3. The van der Waals surface area contributed by atoms with Crippen LogP contribution in [0, 0.1) is 17.8 Å². The van der Waals surface area contributed by atoms with Crippen molar-refractivity contribution < 1.29 is 13.2 Å².